The van der Waals surface area contributed by atoms with Gasteiger partial charge in [0, 0.05) is 18.6 Å². The first kappa shape index (κ1) is 16.9. The minimum atomic E-state index is -3.01. The fourth-order valence-corrected chi connectivity index (χ4v) is 3.67. The first-order valence-electron chi connectivity index (χ1n) is 7.21. The summed E-state index contributed by atoms with van der Waals surface area (Å²) in [6.07, 6.45) is 4.97. The second kappa shape index (κ2) is 6.10. The Bertz CT molecular complexity index is 377. The lowest BCUT2D eigenvalue weighted by Gasteiger charge is -2.36. The van der Waals surface area contributed by atoms with Crippen LogP contribution in [0.15, 0.2) is 0 Å². The minimum absolute atomic E-state index is 0.222. The van der Waals surface area contributed by atoms with E-state index in [0.29, 0.717) is 6.54 Å². The SMILES string of the molecule is CN(C)C1(CNCCS(=O)(=O)C(C)(C)C)CCCC1. The first-order valence-corrected chi connectivity index (χ1v) is 8.86. The molecule has 114 valence electrons. The molecule has 0 aromatic carbocycles. The Morgan fingerprint density at radius 3 is 2.11 bits per heavy atom. The molecule has 0 saturated heterocycles. The number of hydrogen-bond acceptors (Lipinski definition) is 4. The molecule has 1 aliphatic carbocycles. The number of likely N-dealkylation sites (N-methyl/N-ethyl adjacent to an activating group) is 1. The molecule has 1 aliphatic rings. The molecule has 5 heteroatoms. The number of rotatable bonds is 6. The maximum absolute atomic E-state index is 12.0. The molecule has 4 nitrogen and oxygen atoms in total. The zero-order chi connectivity index (χ0) is 14.7. The van der Waals surface area contributed by atoms with Crippen molar-refractivity contribution in [2.45, 2.75) is 56.7 Å². The van der Waals surface area contributed by atoms with Crippen molar-refractivity contribution in [3.8, 4) is 0 Å². The average molecular weight is 290 g/mol. The summed E-state index contributed by atoms with van der Waals surface area (Å²) in [4.78, 5) is 2.30. The molecule has 19 heavy (non-hydrogen) atoms. The molecular formula is C14H30N2O2S. The highest BCUT2D eigenvalue weighted by molar-refractivity contribution is 7.92. The van der Waals surface area contributed by atoms with Crippen molar-refractivity contribution in [2.24, 2.45) is 0 Å². The maximum atomic E-state index is 12.0. The summed E-state index contributed by atoms with van der Waals surface area (Å²) in [6, 6.07) is 0. The van der Waals surface area contributed by atoms with Crippen molar-refractivity contribution in [2.75, 3.05) is 32.9 Å². The third kappa shape index (κ3) is 4.17. The van der Waals surface area contributed by atoms with Crippen LogP contribution >= 0.6 is 0 Å². The van der Waals surface area contributed by atoms with E-state index in [1.165, 1.54) is 25.7 Å². The lowest BCUT2D eigenvalue weighted by Crippen LogP contribution is -2.50. The normalized spacial score (nSPS) is 20.1. The van der Waals surface area contributed by atoms with Gasteiger partial charge in [-0.25, -0.2) is 8.42 Å². The molecule has 1 N–H and O–H groups in total. The van der Waals surface area contributed by atoms with Crippen LogP contribution in [0.4, 0.5) is 0 Å². The largest absolute Gasteiger partial charge is 0.314 e. The van der Waals surface area contributed by atoms with Crippen LogP contribution in [0.2, 0.25) is 0 Å². The van der Waals surface area contributed by atoms with Crippen LogP contribution < -0.4 is 5.32 Å². The third-order valence-corrected chi connectivity index (χ3v) is 7.03. The Kier molecular flexibility index (Phi) is 5.43. The maximum Gasteiger partial charge on any atom is 0.156 e. The highest BCUT2D eigenvalue weighted by Gasteiger charge is 2.35. The van der Waals surface area contributed by atoms with Gasteiger partial charge < -0.3 is 10.2 Å². The Morgan fingerprint density at radius 1 is 1.16 bits per heavy atom. The third-order valence-electron chi connectivity index (χ3n) is 4.42. The Labute approximate surface area is 118 Å². The van der Waals surface area contributed by atoms with Crippen LogP contribution in [-0.4, -0.2) is 56.5 Å². The van der Waals surface area contributed by atoms with Crippen molar-refractivity contribution in [1.29, 1.82) is 0 Å². The van der Waals surface area contributed by atoms with E-state index in [2.05, 4.69) is 24.3 Å². The predicted octanol–water partition coefficient (Wildman–Crippen LogP) is 1.66. The fourth-order valence-electron chi connectivity index (χ4n) is 2.65. The standard InChI is InChI=1S/C14H30N2O2S/c1-13(2,3)19(17,18)11-10-15-12-14(16(4)5)8-6-7-9-14/h15H,6-12H2,1-5H3. The number of nitrogens with zero attached hydrogens (tertiary/aromatic N) is 1. The summed E-state index contributed by atoms with van der Waals surface area (Å²) in [7, 11) is 1.24. The summed E-state index contributed by atoms with van der Waals surface area (Å²) in [5, 5.41) is 3.36. The van der Waals surface area contributed by atoms with Crippen molar-refractivity contribution in [3.05, 3.63) is 0 Å². The van der Waals surface area contributed by atoms with Gasteiger partial charge in [0.1, 0.15) is 0 Å². The van der Waals surface area contributed by atoms with Crippen LogP contribution in [0.25, 0.3) is 0 Å². The second-order valence-electron chi connectivity index (χ2n) is 6.93. The summed E-state index contributed by atoms with van der Waals surface area (Å²) < 4.78 is 23.4. The Morgan fingerprint density at radius 2 is 1.68 bits per heavy atom. The smallest absolute Gasteiger partial charge is 0.156 e. The van der Waals surface area contributed by atoms with E-state index in [4.69, 9.17) is 0 Å². The van der Waals surface area contributed by atoms with Crippen LogP contribution in [-0.2, 0) is 9.84 Å². The average Bonchev–Trinajstić information content (AvgIpc) is 2.72. The quantitative estimate of drug-likeness (QED) is 0.756. The van der Waals surface area contributed by atoms with Crippen molar-refractivity contribution in [3.63, 3.8) is 0 Å². The van der Waals surface area contributed by atoms with Crippen molar-refractivity contribution >= 4 is 9.84 Å². The van der Waals surface area contributed by atoms with Crippen LogP contribution in [0.3, 0.4) is 0 Å². The molecule has 1 rings (SSSR count). The number of nitrogens with one attached hydrogen (secondary N) is 1. The molecule has 0 radical (unpaired) electrons. The van der Waals surface area contributed by atoms with Gasteiger partial charge in [-0.1, -0.05) is 12.8 Å². The minimum Gasteiger partial charge on any atom is -0.314 e. The molecule has 0 heterocycles. The molecule has 0 aliphatic heterocycles. The molecular weight excluding hydrogens is 260 g/mol. The summed E-state index contributed by atoms with van der Waals surface area (Å²) in [5.74, 6) is 0.222. The van der Waals surface area contributed by atoms with Crippen molar-refractivity contribution < 1.29 is 8.42 Å². The van der Waals surface area contributed by atoms with E-state index in [9.17, 15) is 8.42 Å². The van der Waals surface area contributed by atoms with Gasteiger partial charge in [0.2, 0.25) is 0 Å². The van der Waals surface area contributed by atoms with E-state index >= 15 is 0 Å². The molecule has 1 fully saturated rings. The van der Waals surface area contributed by atoms with Gasteiger partial charge in [0.15, 0.2) is 9.84 Å². The summed E-state index contributed by atoms with van der Waals surface area (Å²) in [5.41, 5.74) is 0.228. The van der Waals surface area contributed by atoms with E-state index in [0.717, 1.165) is 6.54 Å². The van der Waals surface area contributed by atoms with Gasteiger partial charge in [-0.2, -0.15) is 0 Å². The molecule has 0 atom stereocenters. The molecule has 0 spiro atoms. The lowest BCUT2D eigenvalue weighted by atomic mass is 9.96. The van der Waals surface area contributed by atoms with Gasteiger partial charge in [-0.15, -0.1) is 0 Å². The molecule has 0 aromatic rings. The van der Waals surface area contributed by atoms with Gasteiger partial charge in [-0.05, 0) is 47.7 Å². The van der Waals surface area contributed by atoms with Crippen LogP contribution in [0.5, 0.6) is 0 Å². The molecule has 0 aromatic heterocycles. The summed E-state index contributed by atoms with van der Waals surface area (Å²) >= 11 is 0. The Hall–Kier alpha value is -0.130. The van der Waals surface area contributed by atoms with Gasteiger partial charge >= 0.3 is 0 Å². The number of hydrogen-bond donors (Lipinski definition) is 1. The van der Waals surface area contributed by atoms with Gasteiger partial charge in [0.25, 0.3) is 0 Å². The van der Waals surface area contributed by atoms with Crippen molar-refractivity contribution in [1.82, 2.24) is 10.2 Å². The van der Waals surface area contributed by atoms with Crippen LogP contribution in [0, 0.1) is 0 Å². The molecule has 0 bridgehead atoms. The lowest BCUT2D eigenvalue weighted by molar-refractivity contribution is 0.155. The Balaban J connectivity index is 2.43. The van der Waals surface area contributed by atoms with E-state index in [1.807, 2.05) is 0 Å². The van der Waals surface area contributed by atoms with Crippen LogP contribution in [0.1, 0.15) is 46.5 Å². The van der Waals surface area contributed by atoms with E-state index < -0.39 is 14.6 Å². The highest BCUT2D eigenvalue weighted by atomic mass is 32.2. The highest BCUT2D eigenvalue weighted by Crippen LogP contribution is 2.33. The van der Waals surface area contributed by atoms with Gasteiger partial charge in [0.05, 0.1) is 10.5 Å². The summed E-state index contributed by atoms with van der Waals surface area (Å²) in [6.45, 7) is 6.73. The zero-order valence-corrected chi connectivity index (χ0v) is 13.9. The topological polar surface area (TPSA) is 49.4 Å². The molecule has 0 amide bonds. The fraction of sp³-hybridized carbons (Fsp3) is 1.00. The zero-order valence-electron chi connectivity index (χ0n) is 13.1. The monoisotopic (exact) mass is 290 g/mol. The molecule has 0 unspecified atom stereocenters. The van der Waals surface area contributed by atoms with E-state index in [-0.39, 0.29) is 11.3 Å². The van der Waals surface area contributed by atoms with E-state index in [1.54, 1.807) is 20.8 Å². The molecule has 1 saturated carbocycles. The van der Waals surface area contributed by atoms with Gasteiger partial charge in [-0.3, -0.25) is 0 Å². The number of sulfone groups is 1. The predicted molar refractivity (Wildman–Crippen MR) is 81.3 cm³/mol. The second-order valence-corrected chi connectivity index (χ2v) is 9.80. The first-order chi connectivity index (χ1) is 8.61.